The predicted molar refractivity (Wildman–Crippen MR) is 119 cm³/mol. The van der Waals surface area contributed by atoms with Crippen LogP contribution in [-0.2, 0) is 13.1 Å². The van der Waals surface area contributed by atoms with Crippen molar-refractivity contribution in [2.75, 3.05) is 13.1 Å². The van der Waals surface area contributed by atoms with E-state index in [0.29, 0.717) is 12.1 Å². The largest absolute Gasteiger partial charge is 0.327 e. The van der Waals surface area contributed by atoms with Crippen LogP contribution in [0.25, 0.3) is 11.0 Å². The molecule has 1 fully saturated rings. The van der Waals surface area contributed by atoms with Gasteiger partial charge in [-0.15, -0.1) is 0 Å². The van der Waals surface area contributed by atoms with Gasteiger partial charge < -0.3 is 9.88 Å². The van der Waals surface area contributed by atoms with E-state index in [4.69, 9.17) is 4.98 Å². The zero-order valence-electron chi connectivity index (χ0n) is 17.6. The first-order chi connectivity index (χ1) is 14.2. The van der Waals surface area contributed by atoms with Gasteiger partial charge in [0.05, 0.1) is 17.1 Å². The number of piperidine rings is 1. The van der Waals surface area contributed by atoms with E-state index in [0.717, 1.165) is 37.6 Å². The second kappa shape index (κ2) is 7.92. The van der Waals surface area contributed by atoms with Crippen molar-refractivity contribution in [1.29, 1.82) is 0 Å². The van der Waals surface area contributed by atoms with Crippen LogP contribution in [0.5, 0.6) is 0 Å². The van der Waals surface area contributed by atoms with Crippen LogP contribution in [0.15, 0.2) is 48.5 Å². The van der Waals surface area contributed by atoms with Gasteiger partial charge >= 0.3 is 0 Å². The van der Waals surface area contributed by atoms with Crippen LogP contribution in [0.1, 0.15) is 62.1 Å². The first-order valence-electron chi connectivity index (χ1n) is 11.2. The molecule has 0 amide bonds. The van der Waals surface area contributed by atoms with Crippen LogP contribution >= 0.6 is 0 Å². The topological polar surface area (TPSA) is 33.1 Å². The van der Waals surface area contributed by atoms with E-state index in [1.165, 1.54) is 41.7 Å². The fourth-order valence-electron chi connectivity index (χ4n) is 5.04. The molecule has 1 aromatic heterocycles. The summed E-state index contributed by atoms with van der Waals surface area (Å²) < 4.78 is 2.46. The van der Waals surface area contributed by atoms with Crippen molar-refractivity contribution < 1.29 is 0 Å². The van der Waals surface area contributed by atoms with Gasteiger partial charge in [-0.1, -0.05) is 43.3 Å². The van der Waals surface area contributed by atoms with Gasteiger partial charge in [0.25, 0.3) is 0 Å². The summed E-state index contributed by atoms with van der Waals surface area (Å²) in [6.45, 7) is 8.93. The van der Waals surface area contributed by atoms with Crippen LogP contribution in [0.4, 0.5) is 0 Å². The first-order valence-corrected chi connectivity index (χ1v) is 11.2. The Bertz CT molecular complexity index is 969. The van der Waals surface area contributed by atoms with Gasteiger partial charge in [0.1, 0.15) is 5.82 Å². The number of benzene rings is 2. The second-order valence-corrected chi connectivity index (χ2v) is 9.00. The number of fused-ring (bicyclic) bond motifs is 3. The summed E-state index contributed by atoms with van der Waals surface area (Å²) in [6.07, 6.45) is 3.70. The lowest BCUT2D eigenvalue weighted by Gasteiger charge is -2.28. The van der Waals surface area contributed by atoms with Gasteiger partial charge in [-0.2, -0.15) is 0 Å². The van der Waals surface area contributed by atoms with Crippen LogP contribution in [0, 0.1) is 5.92 Å². The molecule has 0 bridgehead atoms. The normalized spacial score (nSPS) is 25.7. The Morgan fingerprint density at radius 1 is 1.03 bits per heavy atom. The van der Waals surface area contributed by atoms with Crippen LogP contribution in [0.2, 0.25) is 0 Å². The fourth-order valence-corrected chi connectivity index (χ4v) is 5.04. The zero-order valence-corrected chi connectivity index (χ0v) is 17.6. The van der Waals surface area contributed by atoms with Crippen LogP contribution in [-0.4, -0.2) is 27.5 Å². The van der Waals surface area contributed by atoms with Crippen LogP contribution in [0.3, 0.4) is 0 Å². The number of imidazole rings is 1. The van der Waals surface area contributed by atoms with E-state index >= 15 is 0 Å². The predicted octanol–water partition coefficient (Wildman–Crippen LogP) is 5.06. The third-order valence-electron chi connectivity index (χ3n) is 6.84. The molecule has 4 heteroatoms. The standard InChI is InChI=1S/C25H32N4/c1-18-9-11-22(26-16-18)21-10-12-24-23(15-21)27-25-19(2)28(13-6-14-29(24)25)17-20-7-4-3-5-8-20/h3-5,7-8,10,12,15,18-19,22,26H,6,9,11,13-14,16-17H2,1-2H3/t18-,19?,22+/m0/s1. The van der Waals surface area contributed by atoms with E-state index in [1.807, 2.05) is 0 Å². The summed E-state index contributed by atoms with van der Waals surface area (Å²) in [4.78, 5) is 7.72. The molecule has 0 spiro atoms. The van der Waals surface area contributed by atoms with Crippen molar-refractivity contribution in [2.24, 2.45) is 5.92 Å². The van der Waals surface area contributed by atoms with Gasteiger partial charge in [-0.3, -0.25) is 4.90 Å². The summed E-state index contributed by atoms with van der Waals surface area (Å²) >= 11 is 0. The number of nitrogens with one attached hydrogen (secondary N) is 1. The maximum Gasteiger partial charge on any atom is 0.127 e. The maximum atomic E-state index is 5.15. The average Bonchev–Trinajstić information content (AvgIpc) is 3.04. The minimum Gasteiger partial charge on any atom is -0.327 e. The Kier molecular flexibility index (Phi) is 5.15. The Labute approximate surface area is 173 Å². The van der Waals surface area contributed by atoms with Gasteiger partial charge in [-0.05, 0) is 61.9 Å². The molecule has 2 aliphatic heterocycles. The highest BCUT2D eigenvalue weighted by atomic mass is 15.2. The number of aryl methyl sites for hydroxylation is 1. The average molecular weight is 389 g/mol. The molecular formula is C25H32N4. The number of rotatable bonds is 3. The summed E-state index contributed by atoms with van der Waals surface area (Å²) in [7, 11) is 0. The molecule has 29 heavy (non-hydrogen) atoms. The van der Waals surface area contributed by atoms with E-state index in [-0.39, 0.29) is 0 Å². The van der Waals surface area contributed by atoms with Crippen molar-refractivity contribution in [3.05, 3.63) is 65.5 Å². The summed E-state index contributed by atoms with van der Waals surface area (Å²) in [5.74, 6) is 2.01. The number of hydrogen-bond acceptors (Lipinski definition) is 3. The van der Waals surface area contributed by atoms with Gasteiger partial charge in [0.15, 0.2) is 0 Å². The molecule has 2 aromatic carbocycles. The molecule has 0 saturated carbocycles. The molecule has 5 rings (SSSR count). The highest BCUT2D eigenvalue weighted by Gasteiger charge is 2.26. The Morgan fingerprint density at radius 2 is 1.90 bits per heavy atom. The molecule has 3 aromatic rings. The lowest BCUT2D eigenvalue weighted by molar-refractivity contribution is 0.202. The molecule has 1 saturated heterocycles. The van der Waals surface area contributed by atoms with Crippen molar-refractivity contribution in [1.82, 2.24) is 19.8 Å². The number of aromatic nitrogens is 2. The number of hydrogen-bond donors (Lipinski definition) is 1. The van der Waals surface area contributed by atoms with E-state index in [2.05, 4.69) is 77.2 Å². The summed E-state index contributed by atoms with van der Waals surface area (Å²) in [5.41, 5.74) is 5.22. The highest BCUT2D eigenvalue weighted by molar-refractivity contribution is 5.77. The third kappa shape index (κ3) is 3.72. The Balaban J connectivity index is 1.43. The molecule has 1 N–H and O–H groups in total. The lowest BCUT2D eigenvalue weighted by atomic mass is 9.92. The third-order valence-corrected chi connectivity index (χ3v) is 6.84. The van der Waals surface area contributed by atoms with Gasteiger partial charge in [0.2, 0.25) is 0 Å². The molecule has 0 radical (unpaired) electrons. The van der Waals surface area contributed by atoms with Gasteiger partial charge in [0, 0.05) is 25.7 Å². The van der Waals surface area contributed by atoms with Crippen LogP contribution < -0.4 is 5.32 Å². The smallest absolute Gasteiger partial charge is 0.127 e. The SMILES string of the molecule is CC1c2nc3cc([C@H]4CC[C@H](C)CN4)ccc3n2CCCN1Cc1ccccc1. The zero-order chi connectivity index (χ0) is 19.8. The molecule has 4 nitrogen and oxygen atoms in total. The number of nitrogens with zero attached hydrogens (tertiary/aromatic N) is 3. The summed E-state index contributed by atoms with van der Waals surface area (Å²) in [6, 6.07) is 18.6. The molecule has 152 valence electrons. The molecule has 3 heterocycles. The second-order valence-electron chi connectivity index (χ2n) is 9.00. The Hall–Kier alpha value is -2.17. The first kappa shape index (κ1) is 18.8. The fraction of sp³-hybridized carbons (Fsp3) is 0.480. The van der Waals surface area contributed by atoms with E-state index < -0.39 is 0 Å². The molecule has 1 unspecified atom stereocenters. The van der Waals surface area contributed by atoms with Gasteiger partial charge in [-0.25, -0.2) is 4.98 Å². The highest BCUT2D eigenvalue weighted by Crippen LogP contribution is 2.32. The van der Waals surface area contributed by atoms with Crippen molar-refractivity contribution in [3.63, 3.8) is 0 Å². The molecular weight excluding hydrogens is 356 g/mol. The van der Waals surface area contributed by atoms with E-state index in [9.17, 15) is 0 Å². The quantitative estimate of drug-likeness (QED) is 0.680. The van der Waals surface area contributed by atoms with Crippen molar-refractivity contribution in [2.45, 2.75) is 58.3 Å². The molecule has 3 atom stereocenters. The minimum absolute atomic E-state index is 0.321. The molecule has 0 aliphatic carbocycles. The minimum atomic E-state index is 0.321. The maximum absolute atomic E-state index is 5.15. The lowest BCUT2D eigenvalue weighted by Crippen LogP contribution is -2.31. The Morgan fingerprint density at radius 3 is 2.69 bits per heavy atom. The summed E-state index contributed by atoms with van der Waals surface area (Å²) in [5, 5.41) is 3.72. The molecule has 2 aliphatic rings. The van der Waals surface area contributed by atoms with Crippen molar-refractivity contribution in [3.8, 4) is 0 Å². The van der Waals surface area contributed by atoms with Crippen molar-refractivity contribution >= 4 is 11.0 Å². The van der Waals surface area contributed by atoms with E-state index in [1.54, 1.807) is 0 Å². The monoisotopic (exact) mass is 388 g/mol.